The van der Waals surface area contributed by atoms with E-state index in [0.717, 1.165) is 12.1 Å². The molecule has 0 saturated heterocycles. The third kappa shape index (κ3) is 4.33. The number of benzene rings is 1. The number of ether oxygens (including phenoxy) is 1. The largest absolute Gasteiger partial charge is 0.497 e. The van der Waals surface area contributed by atoms with E-state index in [-0.39, 0.29) is 40.8 Å². The number of anilines is 1. The third-order valence-corrected chi connectivity index (χ3v) is 3.33. The fourth-order valence-corrected chi connectivity index (χ4v) is 2.10. The average Bonchev–Trinajstić information content (AvgIpc) is 2.57. The van der Waals surface area contributed by atoms with Crippen molar-refractivity contribution in [1.29, 1.82) is 5.26 Å². The number of hydrogen-bond acceptors (Lipinski definition) is 5. The number of nitrogens with one attached hydrogen (secondary N) is 2. The van der Waals surface area contributed by atoms with E-state index in [9.17, 15) is 8.78 Å². The number of hydrogen-bond donors (Lipinski definition) is 2. The van der Waals surface area contributed by atoms with E-state index < -0.39 is 11.6 Å². The first kappa shape index (κ1) is 17.5. The fourth-order valence-electron chi connectivity index (χ4n) is 1.90. The molecule has 1 aromatic carbocycles. The van der Waals surface area contributed by atoms with Crippen molar-refractivity contribution >= 4 is 23.1 Å². The highest BCUT2D eigenvalue weighted by molar-refractivity contribution is 7.80. The lowest BCUT2D eigenvalue weighted by molar-refractivity contribution is 0.405. The average molecular weight is 349 g/mol. The van der Waals surface area contributed by atoms with Gasteiger partial charge in [0.25, 0.3) is 0 Å². The lowest BCUT2D eigenvalue weighted by Crippen LogP contribution is -2.31. The molecular formula is C15H13F2N5OS. The van der Waals surface area contributed by atoms with Crippen molar-refractivity contribution in [1.82, 2.24) is 15.5 Å². The van der Waals surface area contributed by atoms with Gasteiger partial charge in [0, 0.05) is 24.2 Å². The molecule has 0 aliphatic carbocycles. The van der Waals surface area contributed by atoms with E-state index in [1.54, 1.807) is 0 Å². The Morgan fingerprint density at radius 1 is 1.38 bits per heavy atom. The predicted molar refractivity (Wildman–Crippen MR) is 87.6 cm³/mol. The fraction of sp³-hybridized carbons (Fsp3) is 0.200. The molecule has 1 heterocycles. The second-order valence-electron chi connectivity index (χ2n) is 4.61. The van der Waals surface area contributed by atoms with E-state index in [1.807, 2.05) is 6.07 Å². The molecule has 0 spiro atoms. The highest BCUT2D eigenvalue weighted by atomic mass is 32.1. The lowest BCUT2D eigenvalue weighted by atomic mass is 10.1. The number of thiocarbonyl (C=S) groups is 1. The van der Waals surface area contributed by atoms with E-state index in [4.69, 9.17) is 22.2 Å². The summed E-state index contributed by atoms with van der Waals surface area (Å²) in [6.07, 6.45) is 1.46. The van der Waals surface area contributed by atoms with E-state index in [2.05, 4.69) is 20.8 Å². The Balaban J connectivity index is 1.93. The second-order valence-corrected chi connectivity index (χ2v) is 5.01. The molecule has 0 atom stereocenters. The normalized spacial score (nSPS) is 9.92. The number of nitriles is 1. The first-order chi connectivity index (χ1) is 11.5. The maximum Gasteiger partial charge on any atom is 0.172 e. The van der Waals surface area contributed by atoms with Gasteiger partial charge in [-0.15, -0.1) is 5.10 Å². The third-order valence-electron chi connectivity index (χ3n) is 3.08. The zero-order valence-corrected chi connectivity index (χ0v) is 13.5. The maximum atomic E-state index is 13.8. The van der Waals surface area contributed by atoms with Crippen molar-refractivity contribution in [3.05, 3.63) is 47.2 Å². The molecule has 0 radical (unpaired) electrons. The summed E-state index contributed by atoms with van der Waals surface area (Å²) >= 11 is 5.06. The molecule has 0 fully saturated rings. The molecule has 0 saturated carbocycles. The van der Waals surface area contributed by atoms with Gasteiger partial charge in [-0.05, 0) is 24.7 Å². The van der Waals surface area contributed by atoms with Crippen LogP contribution >= 0.6 is 12.2 Å². The molecule has 2 rings (SSSR count). The summed E-state index contributed by atoms with van der Waals surface area (Å²) in [6.45, 7) is 0.189. The summed E-state index contributed by atoms with van der Waals surface area (Å²) in [4.78, 5) is 0. The van der Waals surface area contributed by atoms with Crippen LogP contribution in [0.1, 0.15) is 11.1 Å². The highest BCUT2D eigenvalue weighted by Crippen LogP contribution is 2.20. The highest BCUT2D eigenvalue weighted by Gasteiger charge is 2.12. The number of methoxy groups -OCH3 is 1. The number of nitrogens with zero attached hydrogens (tertiary/aromatic N) is 3. The van der Waals surface area contributed by atoms with Crippen LogP contribution in [0, 0.1) is 23.0 Å². The van der Waals surface area contributed by atoms with Gasteiger partial charge in [0.1, 0.15) is 23.5 Å². The topological polar surface area (TPSA) is 82.9 Å². The Labute approximate surface area is 142 Å². The van der Waals surface area contributed by atoms with Gasteiger partial charge in [0.2, 0.25) is 0 Å². The van der Waals surface area contributed by atoms with Gasteiger partial charge in [-0.1, -0.05) is 0 Å². The predicted octanol–water partition coefficient (Wildman–Crippen LogP) is 2.16. The van der Waals surface area contributed by atoms with Crippen molar-refractivity contribution in [2.75, 3.05) is 19.0 Å². The molecule has 24 heavy (non-hydrogen) atoms. The molecule has 124 valence electrons. The number of rotatable bonds is 5. The van der Waals surface area contributed by atoms with Crippen LogP contribution < -0.4 is 15.4 Å². The standard InChI is InChI=1S/C15H13F2N5OS/c1-23-10-6-12(16)11(13(17)7-10)3-4-19-15(24)21-14-9(8-18)2-5-20-22-14/h2,5-7H,3-4H2,1H3,(H2,19,21,22,24). The summed E-state index contributed by atoms with van der Waals surface area (Å²) in [5, 5.41) is 22.0. The van der Waals surface area contributed by atoms with Crippen LogP contribution in [0.3, 0.4) is 0 Å². The molecule has 0 aliphatic heterocycles. The Morgan fingerprint density at radius 2 is 2.08 bits per heavy atom. The zero-order valence-electron chi connectivity index (χ0n) is 12.6. The Hall–Kier alpha value is -2.86. The molecule has 6 nitrogen and oxygen atoms in total. The van der Waals surface area contributed by atoms with Crippen LogP contribution in [0.25, 0.3) is 0 Å². The SMILES string of the molecule is COc1cc(F)c(CCNC(=S)Nc2nnccc2C#N)c(F)c1. The molecule has 1 aromatic heterocycles. The molecule has 0 unspecified atom stereocenters. The van der Waals surface area contributed by atoms with Crippen LogP contribution in [-0.2, 0) is 6.42 Å². The monoisotopic (exact) mass is 349 g/mol. The van der Waals surface area contributed by atoms with Crippen molar-refractivity contribution in [2.24, 2.45) is 0 Å². The molecule has 0 bridgehead atoms. The van der Waals surface area contributed by atoms with Gasteiger partial charge in [-0.25, -0.2) is 8.78 Å². The zero-order chi connectivity index (χ0) is 17.5. The lowest BCUT2D eigenvalue weighted by Gasteiger charge is -2.11. The molecule has 0 aliphatic rings. The minimum atomic E-state index is -0.687. The smallest absolute Gasteiger partial charge is 0.172 e. The van der Waals surface area contributed by atoms with E-state index in [0.29, 0.717) is 0 Å². The Bertz CT molecular complexity index is 771. The first-order valence-corrected chi connectivity index (χ1v) is 7.24. The van der Waals surface area contributed by atoms with Crippen LogP contribution in [-0.4, -0.2) is 29.0 Å². The summed E-state index contributed by atoms with van der Waals surface area (Å²) in [5.41, 5.74) is 0.213. The minimum Gasteiger partial charge on any atom is -0.497 e. The summed E-state index contributed by atoms with van der Waals surface area (Å²) in [6, 6.07) is 5.67. The minimum absolute atomic E-state index is 0.0664. The Kier molecular flexibility index (Phi) is 5.92. The van der Waals surface area contributed by atoms with E-state index >= 15 is 0 Å². The van der Waals surface area contributed by atoms with Gasteiger partial charge < -0.3 is 15.4 Å². The van der Waals surface area contributed by atoms with Gasteiger partial charge in [-0.2, -0.15) is 10.4 Å². The molecule has 9 heteroatoms. The van der Waals surface area contributed by atoms with Crippen LogP contribution in [0.15, 0.2) is 24.4 Å². The molecular weight excluding hydrogens is 336 g/mol. The van der Waals surface area contributed by atoms with Gasteiger partial charge >= 0.3 is 0 Å². The van der Waals surface area contributed by atoms with E-state index in [1.165, 1.54) is 19.4 Å². The number of halogens is 2. The second kappa shape index (κ2) is 8.12. The maximum absolute atomic E-state index is 13.8. The van der Waals surface area contributed by atoms with Gasteiger partial charge in [-0.3, -0.25) is 0 Å². The van der Waals surface area contributed by atoms with Crippen molar-refractivity contribution in [2.45, 2.75) is 6.42 Å². The van der Waals surface area contributed by atoms with Crippen molar-refractivity contribution in [3.63, 3.8) is 0 Å². The molecule has 0 amide bonds. The molecule has 2 N–H and O–H groups in total. The van der Waals surface area contributed by atoms with Gasteiger partial charge in [0.05, 0.1) is 18.9 Å². The van der Waals surface area contributed by atoms with Crippen LogP contribution in [0.4, 0.5) is 14.6 Å². The Morgan fingerprint density at radius 3 is 2.71 bits per heavy atom. The van der Waals surface area contributed by atoms with Crippen LogP contribution in [0.2, 0.25) is 0 Å². The van der Waals surface area contributed by atoms with Gasteiger partial charge in [0.15, 0.2) is 10.9 Å². The summed E-state index contributed by atoms with van der Waals surface area (Å²) in [5.74, 6) is -1.05. The van der Waals surface area contributed by atoms with Crippen molar-refractivity contribution < 1.29 is 13.5 Å². The molecule has 2 aromatic rings. The summed E-state index contributed by atoms with van der Waals surface area (Å²) in [7, 11) is 1.33. The summed E-state index contributed by atoms with van der Waals surface area (Å²) < 4.78 is 32.4. The van der Waals surface area contributed by atoms with Crippen molar-refractivity contribution in [3.8, 4) is 11.8 Å². The quantitative estimate of drug-likeness (QED) is 0.801. The van der Waals surface area contributed by atoms with Crippen LogP contribution in [0.5, 0.6) is 5.75 Å². The number of aromatic nitrogens is 2. The first-order valence-electron chi connectivity index (χ1n) is 6.83.